The molecule has 18 heavy (non-hydrogen) atoms. The Kier molecular flexibility index (Phi) is 6.17. The van der Waals surface area contributed by atoms with Gasteiger partial charge >= 0.3 is 0 Å². The van der Waals surface area contributed by atoms with Crippen molar-refractivity contribution in [2.24, 2.45) is 5.73 Å². The van der Waals surface area contributed by atoms with Crippen LogP contribution in [-0.2, 0) is 6.42 Å². The summed E-state index contributed by atoms with van der Waals surface area (Å²) in [6, 6.07) is 6.30. The van der Waals surface area contributed by atoms with Crippen molar-refractivity contribution in [3.63, 3.8) is 0 Å². The van der Waals surface area contributed by atoms with E-state index in [-0.39, 0.29) is 6.04 Å². The summed E-state index contributed by atoms with van der Waals surface area (Å²) >= 11 is 3.49. The Morgan fingerprint density at radius 1 is 1.50 bits per heavy atom. The van der Waals surface area contributed by atoms with Crippen molar-refractivity contribution in [2.45, 2.75) is 39.2 Å². The highest BCUT2D eigenvalue weighted by Crippen LogP contribution is 2.29. The van der Waals surface area contributed by atoms with E-state index in [1.54, 1.807) is 0 Å². The Balaban J connectivity index is 2.83. The number of ether oxygens (including phenoxy) is 1. The zero-order valence-corrected chi connectivity index (χ0v) is 12.5. The van der Waals surface area contributed by atoms with E-state index in [4.69, 9.17) is 15.7 Å². The lowest BCUT2D eigenvalue weighted by atomic mass is 10.0. The third-order valence-electron chi connectivity index (χ3n) is 2.54. The van der Waals surface area contributed by atoms with Crippen molar-refractivity contribution in [3.8, 4) is 11.8 Å². The van der Waals surface area contributed by atoms with E-state index in [0.29, 0.717) is 13.0 Å². The third-order valence-corrected chi connectivity index (χ3v) is 3.00. The minimum atomic E-state index is 0.0974. The highest BCUT2D eigenvalue weighted by molar-refractivity contribution is 9.10. The van der Waals surface area contributed by atoms with Gasteiger partial charge in [0.2, 0.25) is 0 Å². The van der Waals surface area contributed by atoms with Gasteiger partial charge in [0.15, 0.2) is 0 Å². The van der Waals surface area contributed by atoms with Gasteiger partial charge in [0.1, 0.15) is 5.75 Å². The maximum atomic E-state index is 8.50. The first-order valence-corrected chi connectivity index (χ1v) is 6.88. The monoisotopic (exact) mass is 310 g/mol. The van der Waals surface area contributed by atoms with E-state index in [2.05, 4.69) is 28.1 Å². The Morgan fingerprint density at radius 2 is 2.22 bits per heavy atom. The quantitative estimate of drug-likeness (QED) is 0.820. The minimum Gasteiger partial charge on any atom is -0.493 e. The molecule has 2 N–H and O–H groups in total. The van der Waals surface area contributed by atoms with Crippen LogP contribution in [0.3, 0.4) is 0 Å². The van der Waals surface area contributed by atoms with Crippen LogP contribution in [0.25, 0.3) is 0 Å². The molecule has 1 unspecified atom stereocenters. The highest BCUT2D eigenvalue weighted by Gasteiger charge is 2.10. The summed E-state index contributed by atoms with van der Waals surface area (Å²) in [4.78, 5) is 0. The van der Waals surface area contributed by atoms with E-state index >= 15 is 0 Å². The average molecular weight is 311 g/mol. The molecule has 0 amide bonds. The number of nitriles is 1. The second-order valence-corrected chi connectivity index (χ2v) is 5.42. The fourth-order valence-electron chi connectivity index (χ4n) is 1.83. The molecule has 1 aromatic carbocycles. The molecule has 0 aliphatic carbocycles. The van der Waals surface area contributed by atoms with Gasteiger partial charge in [-0.1, -0.05) is 15.9 Å². The second-order valence-electron chi connectivity index (χ2n) is 4.50. The summed E-state index contributed by atoms with van der Waals surface area (Å²) < 4.78 is 6.84. The average Bonchev–Trinajstić information content (AvgIpc) is 2.26. The predicted molar refractivity (Wildman–Crippen MR) is 76.6 cm³/mol. The van der Waals surface area contributed by atoms with Crippen molar-refractivity contribution >= 4 is 15.9 Å². The zero-order valence-electron chi connectivity index (χ0n) is 10.9. The van der Waals surface area contributed by atoms with Gasteiger partial charge in [0.25, 0.3) is 0 Å². The maximum absolute atomic E-state index is 8.50. The largest absolute Gasteiger partial charge is 0.493 e. The summed E-state index contributed by atoms with van der Waals surface area (Å²) in [5.41, 5.74) is 8.07. The Morgan fingerprint density at radius 3 is 2.83 bits per heavy atom. The molecule has 1 atom stereocenters. The van der Waals surface area contributed by atoms with Crippen LogP contribution in [0.15, 0.2) is 16.6 Å². The van der Waals surface area contributed by atoms with Gasteiger partial charge in [-0.15, -0.1) is 0 Å². The number of halogens is 1. The summed E-state index contributed by atoms with van der Waals surface area (Å²) in [5.74, 6) is 0.911. The number of aryl methyl sites for hydroxylation is 1. The molecule has 0 bridgehead atoms. The minimum absolute atomic E-state index is 0.0974. The molecule has 0 radical (unpaired) electrons. The Hall–Kier alpha value is -1.05. The molecule has 0 heterocycles. The molecule has 1 rings (SSSR count). The van der Waals surface area contributed by atoms with Crippen molar-refractivity contribution in [3.05, 3.63) is 27.7 Å². The lowest BCUT2D eigenvalue weighted by molar-refractivity contribution is 0.307. The van der Waals surface area contributed by atoms with Gasteiger partial charge in [-0.05, 0) is 49.9 Å². The van der Waals surface area contributed by atoms with Crippen LogP contribution >= 0.6 is 15.9 Å². The van der Waals surface area contributed by atoms with Crippen molar-refractivity contribution in [2.75, 3.05) is 6.61 Å². The highest BCUT2D eigenvalue weighted by atomic mass is 79.9. The molecule has 3 nitrogen and oxygen atoms in total. The van der Waals surface area contributed by atoms with Crippen LogP contribution in [0.2, 0.25) is 0 Å². The van der Waals surface area contributed by atoms with E-state index in [1.165, 1.54) is 0 Å². The van der Waals surface area contributed by atoms with E-state index in [0.717, 1.165) is 34.2 Å². The van der Waals surface area contributed by atoms with Crippen LogP contribution in [0.4, 0.5) is 0 Å². The molecule has 0 aliphatic heterocycles. The SMILES string of the molecule is Cc1cc(Br)cc(CC(C)N)c1OCCCC#N. The molecule has 0 aromatic heterocycles. The normalized spacial score (nSPS) is 11.9. The zero-order chi connectivity index (χ0) is 13.5. The van der Waals surface area contributed by atoms with E-state index in [1.807, 2.05) is 19.9 Å². The predicted octanol–water partition coefficient (Wildman–Crippen LogP) is 3.33. The molecule has 0 fully saturated rings. The van der Waals surface area contributed by atoms with Gasteiger partial charge in [0, 0.05) is 16.9 Å². The summed E-state index contributed by atoms with van der Waals surface area (Å²) in [5, 5.41) is 8.50. The third kappa shape index (κ3) is 4.67. The number of nitrogens with zero attached hydrogens (tertiary/aromatic N) is 1. The summed E-state index contributed by atoms with van der Waals surface area (Å²) in [6.07, 6.45) is 2.07. The Bertz CT molecular complexity index is 438. The molecule has 0 saturated carbocycles. The van der Waals surface area contributed by atoms with E-state index < -0.39 is 0 Å². The lowest BCUT2D eigenvalue weighted by Crippen LogP contribution is -2.18. The van der Waals surface area contributed by atoms with Gasteiger partial charge in [-0.2, -0.15) is 5.26 Å². The fraction of sp³-hybridized carbons (Fsp3) is 0.500. The van der Waals surface area contributed by atoms with Crippen LogP contribution in [-0.4, -0.2) is 12.6 Å². The number of unbranched alkanes of at least 4 members (excludes halogenated alkanes) is 1. The molecular formula is C14H19BrN2O. The van der Waals surface area contributed by atoms with Gasteiger partial charge in [-0.25, -0.2) is 0 Å². The maximum Gasteiger partial charge on any atom is 0.125 e. The molecule has 0 aliphatic rings. The lowest BCUT2D eigenvalue weighted by Gasteiger charge is -2.16. The van der Waals surface area contributed by atoms with Gasteiger partial charge in [0.05, 0.1) is 12.7 Å². The number of nitrogens with two attached hydrogens (primary N) is 1. The number of hydrogen-bond donors (Lipinski definition) is 1. The number of rotatable bonds is 6. The molecule has 1 aromatic rings. The van der Waals surface area contributed by atoms with Crippen molar-refractivity contribution in [1.82, 2.24) is 0 Å². The molecule has 98 valence electrons. The molecular weight excluding hydrogens is 292 g/mol. The first-order chi connectivity index (χ1) is 8.54. The molecule has 0 spiro atoms. The van der Waals surface area contributed by atoms with Crippen LogP contribution < -0.4 is 10.5 Å². The van der Waals surface area contributed by atoms with Crippen LogP contribution in [0, 0.1) is 18.3 Å². The first kappa shape index (κ1) is 15.0. The topological polar surface area (TPSA) is 59.0 Å². The Labute approximate surface area is 117 Å². The molecule has 4 heteroatoms. The van der Waals surface area contributed by atoms with Crippen molar-refractivity contribution in [1.29, 1.82) is 5.26 Å². The van der Waals surface area contributed by atoms with Gasteiger partial charge in [-0.3, -0.25) is 0 Å². The standard InChI is InChI=1S/C14H19BrN2O/c1-10-7-13(15)9-12(8-11(2)17)14(10)18-6-4-3-5-16/h7,9,11H,3-4,6,8,17H2,1-2H3. The summed E-state index contributed by atoms with van der Waals surface area (Å²) in [6.45, 7) is 4.58. The fourth-order valence-corrected chi connectivity index (χ4v) is 2.45. The number of hydrogen-bond acceptors (Lipinski definition) is 3. The van der Waals surface area contributed by atoms with Crippen molar-refractivity contribution < 1.29 is 4.74 Å². The van der Waals surface area contributed by atoms with E-state index in [9.17, 15) is 0 Å². The molecule has 0 saturated heterocycles. The smallest absolute Gasteiger partial charge is 0.125 e. The van der Waals surface area contributed by atoms with Crippen LogP contribution in [0.1, 0.15) is 30.9 Å². The summed E-state index contributed by atoms with van der Waals surface area (Å²) in [7, 11) is 0. The van der Waals surface area contributed by atoms with Gasteiger partial charge < -0.3 is 10.5 Å². The number of benzene rings is 1. The first-order valence-electron chi connectivity index (χ1n) is 6.09. The van der Waals surface area contributed by atoms with Crippen LogP contribution in [0.5, 0.6) is 5.75 Å². The second kappa shape index (κ2) is 7.40.